The van der Waals surface area contributed by atoms with E-state index in [-0.39, 0.29) is 5.41 Å². The predicted octanol–water partition coefficient (Wildman–Crippen LogP) is 16.6. The van der Waals surface area contributed by atoms with Crippen LogP contribution in [0.15, 0.2) is 96.8 Å². The number of benzene rings is 2. The van der Waals surface area contributed by atoms with E-state index in [0.717, 1.165) is 41.4 Å². The average Bonchev–Trinajstić information content (AvgIpc) is 3.10. The molecule has 0 saturated carbocycles. The fourth-order valence-electron chi connectivity index (χ4n) is 4.84. The van der Waals surface area contributed by atoms with Gasteiger partial charge in [-0.05, 0) is 124 Å². The molecule has 0 aliphatic heterocycles. The van der Waals surface area contributed by atoms with Crippen molar-refractivity contribution in [2.75, 3.05) is 11.9 Å². The maximum atomic E-state index is 5.14. The third-order valence-corrected chi connectivity index (χ3v) is 8.76. The normalized spacial score (nSPS) is 11.2. The van der Waals surface area contributed by atoms with Crippen molar-refractivity contribution in [3.8, 4) is 0 Å². The monoisotopic (exact) mass is 729 g/mol. The molecule has 53 heavy (non-hydrogen) atoms. The fourth-order valence-corrected chi connectivity index (χ4v) is 4.84. The van der Waals surface area contributed by atoms with Gasteiger partial charge in [-0.2, -0.15) is 0 Å². The quantitative estimate of drug-likeness (QED) is 0.142. The largest absolute Gasteiger partial charge is 0.356 e. The van der Waals surface area contributed by atoms with Crippen LogP contribution in [0.4, 0.5) is 5.69 Å². The van der Waals surface area contributed by atoms with Crippen molar-refractivity contribution >= 4 is 11.3 Å². The second-order valence-electron chi connectivity index (χ2n) is 16.2. The SMILES string of the molecule is C=C(C)CCCC.C=C(Nc1cc(C(=C)C)ccc1C(C)CCC)/C(C)=C/C=C(C)C.CCC(C)C.CCCCN.CCc1ccccc1C(C)(C)C. The van der Waals surface area contributed by atoms with Crippen LogP contribution in [0.1, 0.15) is 190 Å². The molecule has 0 radical (unpaired) electrons. The van der Waals surface area contributed by atoms with E-state index in [1.165, 1.54) is 84.8 Å². The lowest BCUT2D eigenvalue weighted by Crippen LogP contribution is -2.13. The molecule has 2 nitrogen and oxygen atoms in total. The zero-order valence-electron chi connectivity index (χ0n) is 38.1. The Morgan fingerprint density at radius 3 is 1.72 bits per heavy atom. The first-order valence-electron chi connectivity index (χ1n) is 20.8. The highest BCUT2D eigenvalue weighted by Gasteiger charge is 2.16. The molecule has 0 saturated heterocycles. The van der Waals surface area contributed by atoms with Gasteiger partial charge in [0.25, 0.3) is 0 Å². The van der Waals surface area contributed by atoms with E-state index in [9.17, 15) is 0 Å². The van der Waals surface area contributed by atoms with Crippen LogP contribution < -0.4 is 11.1 Å². The number of hydrogen-bond acceptors (Lipinski definition) is 2. The molecule has 2 heteroatoms. The lowest BCUT2D eigenvalue weighted by atomic mass is 9.83. The molecule has 0 aromatic heterocycles. The second-order valence-corrected chi connectivity index (χ2v) is 16.2. The Balaban J connectivity index is -0.000000709. The maximum absolute atomic E-state index is 5.14. The van der Waals surface area contributed by atoms with Crippen LogP contribution in [0.3, 0.4) is 0 Å². The molecule has 2 aromatic carbocycles. The summed E-state index contributed by atoms with van der Waals surface area (Å²) < 4.78 is 0. The minimum atomic E-state index is 0.284. The third-order valence-electron chi connectivity index (χ3n) is 8.76. The number of unbranched alkanes of at least 4 members (excludes halogenated alkanes) is 2. The summed E-state index contributed by atoms with van der Waals surface area (Å²) in [5.41, 5.74) is 17.8. The first-order chi connectivity index (χ1) is 24.8. The van der Waals surface area contributed by atoms with Gasteiger partial charge in [-0.15, -0.1) is 6.58 Å². The van der Waals surface area contributed by atoms with Gasteiger partial charge >= 0.3 is 0 Å². The van der Waals surface area contributed by atoms with Gasteiger partial charge in [-0.25, -0.2) is 0 Å². The summed E-state index contributed by atoms with van der Waals surface area (Å²) in [5.74, 6) is 1.40. The molecule has 0 bridgehead atoms. The summed E-state index contributed by atoms with van der Waals surface area (Å²) in [5, 5.41) is 3.54. The summed E-state index contributed by atoms with van der Waals surface area (Å²) in [7, 11) is 0. The maximum Gasteiger partial charge on any atom is 0.0425 e. The summed E-state index contributed by atoms with van der Waals surface area (Å²) in [6.07, 6.45) is 15.2. The van der Waals surface area contributed by atoms with Gasteiger partial charge < -0.3 is 11.1 Å². The van der Waals surface area contributed by atoms with Crippen molar-refractivity contribution in [3.05, 3.63) is 119 Å². The van der Waals surface area contributed by atoms with Crippen molar-refractivity contribution in [2.24, 2.45) is 11.7 Å². The third kappa shape index (κ3) is 29.0. The van der Waals surface area contributed by atoms with Gasteiger partial charge in [0.1, 0.15) is 0 Å². The van der Waals surface area contributed by atoms with Crippen LogP contribution in [0.5, 0.6) is 0 Å². The summed E-state index contributed by atoms with van der Waals surface area (Å²) in [6, 6.07) is 15.3. The highest BCUT2D eigenvalue weighted by molar-refractivity contribution is 5.69. The molecule has 2 aromatic rings. The molecule has 302 valence electrons. The van der Waals surface area contributed by atoms with Gasteiger partial charge in [-0.3, -0.25) is 0 Å². The van der Waals surface area contributed by atoms with E-state index in [2.05, 4.69) is 184 Å². The van der Waals surface area contributed by atoms with Crippen LogP contribution in [0.25, 0.3) is 5.57 Å². The smallest absolute Gasteiger partial charge is 0.0425 e. The second kappa shape index (κ2) is 32.3. The number of allylic oxidation sites excluding steroid dienone is 6. The minimum Gasteiger partial charge on any atom is -0.356 e. The summed E-state index contributed by atoms with van der Waals surface area (Å²) in [6.45, 7) is 47.8. The number of hydrogen-bond donors (Lipinski definition) is 2. The lowest BCUT2D eigenvalue weighted by Gasteiger charge is -2.22. The Hall–Kier alpha value is -3.10. The zero-order chi connectivity index (χ0) is 41.6. The molecule has 1 unspecified atom stereocenters. The van der Waals surface area contributed by atoms with Crippen LogP contribution in [0, 0.1) is 5.92 Å². The van der Waals surface area contributed by atoms with Crippen LogP contribution in [-0.2, 0) is 11.8 Å². The fraction of sp³-hybridized carbons (Fsp3) is 0.569. The first kappa shape index (κ1) is 54.2. The lowest BCUT2D eigenvalue weighted by molar-refractivity contribution is 0.583. The molecule has 2 rings (SSSR count). The van der Waals surface area contributed by atoms with Crippen LogP contribution in [0.2, 0.25) is 0 Å². The Kier molecular flexibility index (Phi) is 33.1. The summed E-state index contributed by atoms with van der Waals surface area (Å²) in [4.78, 5) is 0. The van der Waals surface area contributed by atoms with E-state index in [1.54, 1.807) is 0 Å². The molecule has 1 atom stereocenters. The molecule has 0 aliphatic rings. The average molecular weight is 729 g/mol. The van der Waals surface area contributed by atoms with Gasteiger partial charge in [0.2, 0.25) is 0 Å². The Morgan fingerprint density at radius 2 is 1.36 bits per heavy atom. The number of rotatable bonds is 15. The van der Waals surface area contributed by atoms with Crippen molar-refractivity contribution in [1.29, 1.82) is 0 Å². The van der Waals surface area contributed by atoms with Gasteiger partial charge in [0, 0.05) is 11.4 Å². The van der Waals surface area contributed by atoms with Crippen LogP contribution in [-0.4, -0.2) is 6.54 Å². The minimum absolute atomic E-state index is 0.284. The van der Waals surface area contributed by atoms with E-state index >= 15 is 0 Å². The van der Waals surface area contributed by atoms with Crippen molar-refractivity contribution in [1.82, 2.24) is 0 Å². The molecule has 0 spiro atoms. The first-order valence-corrected chi connectivity index (χ1v) is 20.8. The molecular weight excluding hydrogens is 641 g/mol. The van der Waals surface area contributed by atoms with E-state index in [1.807, 2.05) is 6.92 Å². The van der Waals surface area contributed by atoms with Gasteiger partial charge in [0.05, 0.1) is 0 Å². The van der Waals surface area contributed by atoms with E-state index in [0.29, 0.717) is 5.92 Å². The number of anilines is 1. The Bertz CT molecular complexity index is 1320. The Morgan fingerprint density at radius 1 is 0.792 bits per heavy atom. The highest BCUT2D eigenvalue weighted by Crippen LogP contribution is 2.32. The van der Waals surface area contributed by atoms with Gasteiger partial charge in [-0.1, -0.05) is 180 Å². The Labute approximate surface area is 332 Å². The number of nitrogens with one attached hydrogen (secondary N) is 1. The van der Waals surface area contributed by atoms with E-state index < -0.39 is 0 Å². The molecule has 3 N–H and O–H groups in total. The molecular formula is C51H88N2. The molecule has 0 heterocycles. The standard InChI is InChI=1S/C23H33N.C12H18.C7H14.C5H12.C4H11N/c1-9-10-19(7)22-14-13-21(17(4)5)15-23(22)24-20(8)18(6)12-11-16(2)3;1-5-10-8-6-7-9-11(10)12(2,3)4;1-4-5-6-7(2)3;1-4-5(2)3;1-2-3-4-5/h11-15,19,24H,4,8-10H2,1-3,5-7H3;6-9H,5H2,1-4H3;2,4-6H2,1,3H3;5H,4H2,1-3H3;2-5H2,1H3/b18-12+;;;;. The molecule has 0 amide bonds. The molecule has 0 fully saturated rings. The zero-order valence-corrected chi connectivity index (χ0v) is 38.1. The predicted molar refractivity (Wildman–Crippen MR) is 248 cm³/mol. The number of aryl methyl sites for hydroxylation is 1. The highest BCUT2D eigenvalue weighted by atomic mass is 14.9. The topological polar surface area (TPSA) is 38.0 Å². The van der Waals surface area contributed by atoms with E-state index in [4.69, 9.17) is 5.73 Å². The van der Waals surface area contributed by atoms with Crippen LogP contribution >= 0.6 is 0 Å². The summed E-state index contributed by atoms with van der Waals surface area (Å²) >= 11 is 0. The number of nitrogens with two attached hydrogens (primary N) is 1. The van der Waals surface area contributed by atoms with Crippen molar-refractivity contribution < 1.29 is 0 Å². The molecule has 0 aliphatic carbocycles. The van der Waals surface area contributed by atoms with Crippen molar-refractivity contribution in [2.45, 2.75) is 180 Å². The van der Waals surface area contributed by atoms with Crippen molar-refractivity contribution in [3.63, 3.8) is 0 Å². The van der Waals surface area contributed by atoms with Gasteiger partial charge in [0.15, 0.2) is 0 Å².